The van der Waals surface area contributed by atoms with E-state index >= 15 is 0 Å². The number of carboxylic acid groups (broad SMARTS) is 1. The van der Waals surface area contributed by atoms with Gasteiger partial charge in [-0.25, -0.2) is 0 Å². The van der Waals surface area contributed by atoms with Gasteiger partial charge in [-0.3, -0.25) is 9.78 Å². The zero-order valence-corrected chi connectivity index (χ0v) is 8.09. The van der Waals surface area contributed by atoms with Gasteiger partial charge in [-0.2, -0.15) is 0 Å². The monoisotopic (exact) mass is 205 g/mol. The van der Waals surface area contributed by atoms with E-state index in [-0.39, 0.29) is 17.4 Å². The maximum Gasteiger partial charge on any atom is 0.310 e. The molecule has 3 heterocycles. The van der Waals surface area contributed by atoms with Crippen LogP contribution < -0.4 is 0 Å². The van der Waals surface area contributed by atoms with Crippen molar-refractivity contribution in [1.82, 2.24) is 4.98 Å². The molecule has 1 N–H and O–H groups in total. The van der Waals surface area contributed by atoms with Crippen LogP contribution in [0.3, 0.4) is 0 Å². The Balaban J connectivity index is 2.02. The second-order valence-electron chi connectivity index (χ2n) is 4.27. The minimum Gasteiger partial charge on any atom is -0.481 e. The van der Waals surface area contributed by atoms with Crippen molar-refractivity contribution in [3.05, 3.63) is 30.1 Å². The first-order chi connectivity index (χ1) is 7.24. The Kier molecular flexibility index (Phi) is 1.65. The number of ether oxygens (including phenoxy) is 1. The van der Waals surface area contributed by atoms with Gasteiger partial charge in [0.2, 0.25) is 0 Å². The van der Waals surface area contributed by atoms with E-state index in [1.807, 2.05) is 12.1 Å². The quantitative estimate of drug-likeness (QED) is 0.776. The lowest BCUT2D eigenvalue weighted by molar-refractivity contribution is -0.150. The fraction of sp³-hybridized carbons (Fsp3) is 0.455. The molecule has 4 heteroatoms. The normalized spacial score (nSPS) is 37.3. The Labute approximate surface area is 86.9 Å². The highest BCUT2D eigenvalue weighted by atomic mass is 16.5. The molecule has 2 bridgehead atoms. The molecule has 15 heavy (non-hydrogen) atoms. The van der Waals surface area contributed by atoms with Crippen LogP contribution in [0.2, 0.25) is 0 Å². The molecule has 4 nitrogen and oxygen atoms in total. The summed E-state index contributed by atoms with van der Waals surface area (Å²) in [4.78, 5) is 15.2. The number of pyridine rings is 1. The number of aliphatic carboxylic acids is 1. The first-order valence-corrected chi connectivity index (χ1v) is 4.99. The van der Waals surface area contributed by atoms with E-state index in [4.69, 9.17) is 9.84 Å². The molecule has 0 radical (unpaired) electrons. The zero-order chi connectivity index (χ0) is 10.5. The molecule has 0 spiro atoms. The summed E-state index contributed by atoms with van der Waals surface area (Å²) >= 11 is 0. The van der Waals surface area contributed by atoms with Gasteiger partial charge < -0.3 is 9.84 Å². The van der Waals surface area contributed by atoms with Crippen LogP contribution in [0.4, 0.5) is 0 Å². The minimum atomic E-state index is -0.757. The van der Waals surface area contributed by atoms with Gasteiger partial charge in [0.15, 0.2) is 0 Å². The van der Waals surface area contributed by atoms with Gasteiger partial charge in [0, 0.05) is 17.8 Å². The van der Waals surface area contributed by atoms with Crippen molar-refractivity contribution in [3.8, 4) is 0 Å². The Morgan fingerprint density at radius 1 is 1.67 bits per heavy atom. The highest BCUT2D eigenvalue weighted by molar-refractivity contribution is 5.76. The molecule has 3 aliphatic rings. The van der Waals surface area contributed by atoms with Gasteiger partial charge in [0.1, 0.15) is 0 Å². The summed E-state index contributed by atoms with van der Waals surface area (Å²) in [6.07, 6.45) is 4.17. The number of carboxylic acids is 1. The molecule has 0 aromatic carbocycles. The van der Waals surface area contributed by atoms with Crippen LogP contribution >= 0.6 is 0 Å². The number of aromatic nitrogens is 1. The van der Waals surface area contributed by atoms with Crippen molar-refractivity contribution in [2.45, 2.75) is 17.9 Å². The number of carbonyl (C=O) groups is 1. The molecule has 3 unspecified atom stereocenters. The topological polar surface area (TPSA) is 59.4 Å². The lowest BCUT2D eigenvalue weighted by Crippen LogP contribution is -2.52. The standard InChI is InChI=1S/C11H11NO3/c13-10(14)9-8-4-11(9,6-15-8)7-2-1-3-12-5-7/h1-3,5,8-9H,4,6H2,(H,13,14). The van der Waals surface area contributed by atoms with E-state index in [9.17, 15) is 4.79 Å². The predicted octanol–water partition coefficient (Wildman–Crippen LogP) is 0.823. The Morgan fingerprint density at radius 3 is 3.13 bits per heavy atom. The number of hydrogen-bond acceptors (Lipinski definition) is 3. The molecule has 78 valence electrons. The van der Waals surface area contributed by atoms with Crippen molar-refractivity contribution >= 4 is 5.97 Å². The summed E-state index contributed by atoms with van der Waals surface area (Å²) in [5.74, 6) is -1.14. The second-order valence-corrected chi connectivity index (χ2v) is 4.27. The fourth-order valence-corrected chi connectivity index (χ4v) is 2.79. The molecule has 0 amide bonds. The summed E-state index contributed by atoms with van der Waals surface area (Å²) in [6, 6.07) is 3.78. The van der Waals surface area contributed by atoms with Crippen molar-refractivity contribution < 1.29 is 14.6 Å². The van der Waals surface area contributed by atoms with Gasteiger partial charge in [0.05, 0.1) is 18.6 Å². The van der Waals surface area contributed by atoms with Gasteiger partial charge in [0.25, 0.3) is 0 Å². The van der Waals surface area contributed by atoms with Crippen LogP contribution in [-0.4, -0.2) is 28.8 Å². The van der Waals surface area contributed by atoms with Crippen LogP contribution in [0.15, 0.2) is 24.5 Å². The third-order valence-corrected chi connectivity index (χ3v) is 3.59. The SMILES string of the molecule is O=C(O)C1C2CC1(c1cccnc1)CO2. The Morgan fingerprint density at radius 2 is 2.53 bits per heavy atom. The summed E-state index contributed by atoms with van der Waals surface area (Å²) in [6.45, 7) is 0.514. The first-order valence-electron chi connectivity index (χ1n) is 4.99. The van der Waals surface area contributed by atoms with E-state index in [1.54, 1.807) is 12.4 Å². The maximum atomic E-state index is 11.1. The third kappa shape index (κ3) is 0.997. The smallest absolute Gasteiger partial charge is 0.310 e. The predicted molar refractivity (Wildman–Crippen MR) is 51.4 cm³/mol. The van der Waals surface area contributed by atoms with Gasteiger partial charge >= 0.3 is 5.97 Å². The largest absolute Gasteiger partial charge is 0.481 e. The van der Waals surface area contributed by atoms with Gasteiger partial charge in [-0.1, -0.05) is 6.07 Å². The molecule has 1 saturated carbocycles. The molecular weight excluding hydrogens is 194 g/mol. The van der Waals surface area contributed by atoms with Crippen molar-refractivity contribution in [2.24, 2.45) is 5.92 Å². The third-order valence-electron chi connectivity index (χ3n) is 3.59. The number of rotatable bonds is 2. The maximum absolute atomic E-state index is 11.1. The molecule has 2 saturated heterocycles. The van der Waals surface area contributed by atoms with Crippen LogP contribution in [0.25, 0.3) is 0 Å². The molecule has 1 aromatic heterocycles. The number of hydrogen-bond donors (Lipinski definition) is 1. The van der Waals surface area contributed by atoms with Crippen molar-refractivity contribution in [1.29, 1.82) is 0 Å². The number of nitrogens with zero attached hydrogens (tertiary/aromatic N) is 1. The van der Waals surface area contributed by atoms with E-state index in [0.717, 1.165) is 12.0 Å². The molecular formula is C11H11NO3. The van der Waals surface area contributed by atoms with Crippen molar-refractivity contribution in [2.75, 3.05) is 6.61 Å². The average Bonchev–Trinajstić information content (AvgIpc) is 2.76. The fourth-order valence-electron chi connectivity index (χ4n) is 2.79. The highest BCUT2D eigenvalue weighted by Crippen LogP contribution is 2.56. The first kappa shape index (κ1) is 8.85. The molecule has 3 fully saturated rings. The van der Waals surface area contributed by atoms with Gasteiger partial charge in [-0.15, -0.1) is 0 Å². The molecule has 1 aliphatic carbocycles. The van der Waals surface area contributed by atoms with Crippen molar-refractivity contribution in [3.63, 3.8) is 0 Å². The summed E-state index contributed by atoms with van der Waals surface area (Å²) in [7, 11) is 0. The van der Waals surface area contributed by atoms with Crippen LogP contribution in [0.5, 0.6) is 0 Å². The van der Waals surface area contributed by atoms with Crippen LogP contribution in [0.1, 0.15) is 12.0 Å². The molecule has 2 aliphatic heterocycles. The summed E-state index contributed by atoms with van der Waals surface area (Å²) in [5, 5.41) is 9.14. The average molecular weight is 205 g/mol. The van der Waals surface area contributed by atoms with E-state index in [0.29, 0.717) is 6.61 Å². The molecule has 4 rings (SSSR count). The minimum absolute atomic E-state index is 0.0947. The highest BCUT2D eigenvalue weighted by Gasteiger charge is 2.65. The summed E-state index contributed by atoms with van der Waals surface area (Å²) < 4.78 is 5.45. The van der Waals surface area contributed by atoms with Crippen LogP contribution in [-0.2, 0) is 14.9 Å². The van der Waals surface area contributed by atoms with Gasteiger partial charge in [-0.05, 0) is 18.1 Å². The lowest BCUT2D eigenvalue weighted by Gasteiger charge is -2.42. The Hall–Kier alpha value is -1.42. The Bertz CT molecular complexity index is 402. The van der Waals surface area contributed by atoms with E-state index < -0.39 is 5.97 Å². The summed E-state index contributed by atoms with van der Waals surface area (Å²) in [5.41, 5.74) is 0.677. The van der Waals surface area contributed by atoms with Crippen LogP contribution in [0, 0.1) is 5.92 Å². The number of fused-ring (bicyclic) bond motifs is 1. The van der Waals surface area contributed by atoms with E-state index in [2.05, 4.69) is 4.98 Å². The van der Waals surface area contributed by atoms with E-state index in [1.165, 1.54) is 0 Å². The second kappa shape index (κ2) is 2.79. The lowest BCUT2D eigenvalue weighted by atomic mass is 9.58. The molecule has 1 aromatic rings. The zero-order valence-electron chi connectivity index (χ0n) is 8.09. The molecule has 3 atom stereocenters.